The van der Waals surface area contributed by atoms with Gasteiger partial charge >= 0.3 is 0 Å². The number of hydrogen-bond acceptors (Lipinski definition) is 4. The summed E-state index contributed by atoms with van der Waals surface area (Å²) in [5.74, 6) is -0.317. The number of hydrogen-bond donors (Lipinski definition) is 0. The molecule has 7 heteroatoms. The molecule has 1 amide bonds. The maximum atomic E-state index is 13.7. The topological polar surface area (TPSA) is 59.7 Å². The zero-order valence-corrected chi connectivity index (χ0v) is 14.4. The van der Waals surface area contributed by atoms with Crippen molar-refractivity contribution in [1.82, 2.24) is 19.5 Å². The molecule has 3 heterocycles. The number of ether oxygens (including phenoxy) is 1. The first-order valence-electron chi connectivity index (χ1n) is 8.62. The van der Waals surface area contributed by atoms with Crippen LogP contribution in [0.3, 0.4) is 0 Å². The second kappa shape index (κ2) is 6.74. The normalized spacial score (nSPS) is 17.5. The lowest BCUT2D eigenvalue weighted by atomic mass is 9.97. The van der Waals surface area contributed by atoms with Crippen molar-refractivity contribution in [1.29, 1.82) is 0 Å². The highest BCUT2D eigenvalue weighted by Crippen LogP contribution is 2.33. The summed E-state index contributed by atoms with van der Waals surface area (Å²) in [6, 6.07) is 7.58. The number of carbonyl (C=O) groups is 1. The van der Waals surface area contributed by atoms with Crippen molar-refractivity contribution in [3.05, 3.63) is 59.8 Å². The summed E-state index contributed by atoms with van der Waals surface area (Å²) in [5.41, 5.74) is 1.80. The Morgan fingerprint density at radius 3 is 3.00 bits per heavy atom. The molecule has 134 valence electrons. The Bertz CT molecular complexity index is 956. The summed E-state index contributed by atoms with van der Waals surface area (Å²) < 4.78 is 20.7. The lowest BCUT2D eigenvalue weighted by molar-refractivity contribution is 0.0602. The van der Waals surface area contributed by atoms with Gasteiger partial charge in [-0.25, -0.2) is 13.9 Å². The van der Waals surface area contributed by atoms with E-state index in [2.05, 4.69) is 10.1 Å². The zero-order chi connectivity index (χ0) is 18.1. The maximum Gasteiger partial charge on any atom is 0.258 e. The van der Waals surface area contributed by atoms with Gasteiger partial charge in [0.1, 0.15) is 11.6 Å². The number of aromatic nitrogens is 3. The third-order valence-electron chi connectivity index (χ3n) is 4.78. The van der Waals surface area contributed by atoms with Gasteiger partial charge in [-0.15, -0.1) is 0 Å². The van der Waals surface area contributed by atoms with Crippen molar-refractivity contribution >= 4 is 11.6 Å². The van der Waals surface area contributed by atoms with Gasteiger partial charge in [-0.2, -0.15) is 5.10 Å². The molecule has 0 spiro atoms. The van der Waals surface area contributed by atoms with E-state index in [-0.39, 0.29) is 17.5 Å². The molecule has 0 N–H and O–H groups in total. The molecule has 4 rings (SSSR count). The van der Waals surface area contributed by atoms with E-state index in [1.807, 2.05) is 18.3 Å². The molecule has 0 radical (unpaired) electrons. The largest absolute Gasteiger partial charge is 0.496 e. The number of carbonyl (C=O) groups excluding carboxylic acids is 1. The van der Waals surface area contributed by atoms with E-state index in [4.69, 9.17) is 4.74 Å². The monoisotopic (exact) mass is 354 g/mol. The predicted molar refractivity (Wildman–Crippen MR) is 93.6 cm³/mol. The predicted octanol–water partition coefficient (Wildman–Crippen LogP) is 3.24. The summed E-state index contributed by atoms with van der Waals surface area (Å²) >= 11 is 0. The minimum absolute atomic E-state index is 0.149. The molecule has 0 saturated carbocycles. The van der Waals surface area contributed by atoms with Crippen LogP contribution in [0.4, 0.5) is 4.39 Å². The van der Waals surface area contributed by atoms with Crippen LogP contribution < -0.4 is 4.74 Å². The summed E-state index contributed by atoms with van der Waals surface area (Å²) in [4.78, 5) is 19.6. The van der Waals surface area contributed by atoms with Gasteiger partial charge in [-0.3, -0.25) is 4.79 Å². The molecule has 1 aliphatic rings. The van der Waals surface area contributed by atoms with Crippen LogP contribution >= 0.6 is 0 Å². The molecular formula is C19H19FN4O2. The molecule has 1 aromatic carbocycles. The Kier molecular flexibility index (Phi) is 4.28. The highest BCUT2D eigenvalue weighted by atomic mass is 19.1. The number of benzene rings is 1. The van der Waals surface area contributed by atoms with E-state index < -0.39 is 5.82 Å². The lowest BCUT2D eigenvalue weighted by Gasteiger charge is -2.35. The Hall–Kier alpha value is -2.96. The summed E-state index contributed by atoms with van der Waals surface area (Å²) in [6.45, 7) is 0.606. The van der Waals surface area contributed by atoms with Gasteiger partial charge in [-0.05, 0) is 43.5 Å². The van der Waals surface area contributed by atoms with Crippen LogP contribution in [0, 0.1) is 5.82 Å². The number of amides is 1. The van der Waals surface area contributed by atoms with Crippen LogP contribution in [-0.2, 0) is 0 Å². The first kappa shape index (κ1) is 16.5. The van der Waals surface area contributed by atoms with Gasteiger partial charge in [0.2, 0.25) is 0 Å². The number of nitrogens with zero attached hydrogens (tertiary/aromatic N) is 4. The molecule has 0 aliphatic carbocycles. The molecule has 2 aromatic heterocycles. The summed E-state index contributed by atoms with van der Waals surface area (Å²) in [7, 11) is 1.48. The fourth-order valence-electron chi connectivity index (χ4n) is 3.50. The SMILES string of the molecule is COc1ccc(F)cc1C(=O)N1CCCC[C@@H]1c1ccn2nccc2n1. The number of piperidine rings is 1. The van der Waals surface area contributed by atoms with Crippen LogP contribution in [0.1, 0.15) is 41.4 Å². The third-order valence-corrected chi connectivity index (χ3v) is 4.78. The quantitative estimate of drug-likeness (QED) is 0.724. The Morgan fingerprint density at radius 2 is 2.15 bits per heavy atom. The molecule has 6 nitrogen and oxygen atoms in total. The van der Waals surface area contributed by atoms with Crippen molar-refractivity contribution in [3.63, 3.8) is 0 Å². The van der Waals surface area contributed by atoms with Crippen molar-refractivity contribution in [3.8, 4) is 5.75 Å². The van der Waals surface area contributed by atoms with Crippen LogP contribution in [0.15, 0.2) is 42.7 Å². The van der Waals surface area contributed by atoms with Crippen molar-refractivity contribution in [2.24, 2.45) is 0 Å². The van der Waals surface area contributed by atoms with Crippen LogP contribution in [0.5, 0.6) is 5.75 Å². The smallest absolute Gasteiger partial charge is 0.258 e. The first-order valence-corrected chi connectivity index (χ1v) is 8.62. The molecular weight excluding hydrogens is 335 g/mol. The molecule has 3 aromatic rings. The molecule has 1 fully saturated rings. The second-order valence-corrected chi connectivity index (χ2v) is 6.34. The maximum absolute atomic E-state index is 13.7. The molecule has 0 unspecified atom stereocenters. The van der Waals surface area contributed by atoms with Crippen molar-refractivity contribution in [2.45, 2.75) is 25.3 Å². The zero-order valence-electron chi connectivity index (χ0n) is 14.4. The Balaban J connectivity index is 1.71. The van der Waals surface area contributed by atoms with Gasteiger partial charge in [0.05, 0.1) is 30.6 Å². The summed E-state index contributed by atoms with van der Waals surface area (Å²) in [5, 5.41) is 4.15. The standard InChI is InChI=1S/C19H19FN4O2/c1-26-17-6-5-13(20)12-14(17)19(25)23-10-3-2-4-16(23)15-8-11-24-18(22-15)7-9-21-24/h5-9,11-12,16H,2-4,10H2,1H3/t16-/m1/s1. The number of halogens is 1. The second-order valence-electron chi connectivity index (χ2n) is 6.34. The molecule has 0 bridgehead atoms. The average Bonchev–Trinajstić information content (AvgIpc) is 3.15. The number of rotatable bonds is 3. The van der Waals surface area contributed by atoms with E-state index in [0.717, 1.165) is 30.6 Å². The van der Waals surface area contributed by atoms with Gasteiger partial charge in [0.15, 0.2) is 5.65 Å². The van der Waals surface area contributed by atoms with E-state index in [1.54, 1.807) is 15.6 Å². The van der Waals surface area contributed by atoms with Crippen LogP contribution in [0.25, 0.3) is 5.65 Å². The number of methoxy groups -OCH3 is 1. The number of likely N-dealkylation sites (tertiary alicyclic amines) is 1. The highest BCUT2D eigenvalue weighted by Gasteiger charge is 2.31. The van der Waals surface area contributed by atoms with Gasteiger partial charge in [0.25, 0.3) is 5.91 Å². The van der Waals surface area contributed by atoms with Crippen molar-refractivity contribution < 1.29 is 13.9 Å². The lowest BCUT2D eigenvalue weighted by Crippen LogP contribution is -2.39. The number of fused-ring (bicyclic) bond motifs is 1. The molecule has 26 heavy (non-hydrogen) atoms. The average molecular weight is 354 g/mol. The minimum atomic E-state index is -0.457. The fraction of sp³-hybridized carbons (Fsp3) is 0.316. The van der Waals surface area contributed by atoms with Gasteiger partial charge in [0, 0.05) is 18.8 Å². The first-order chi connectivity index (χ1) is 12.7. The van der Waals surface area contributed by atoms with E-state index in [0.29, 0.717) is 12.3 Å². The Morgan fingerprint density at radius 1 is 1.27 bits per heavy atom. The van der Waals surface area contributed by atoms with Crippen molar-refractivity contribution in [2.75, 3.05) is 13.7 Å². The Labute approximate surface area is 150 Å². The summed E-state index contributed by atoms with van der Waals surface area (Å²) in [6.07, 6.45) is 6.28. The third kappa shape index (κ3) is 2.89. The van der Waals surface area contributed by atoms with Crippen LogP contribution in [-0.4, -0.2) is 39.1 Å². The minimum Gasteiger partial charge on any atom is -0.496 e. The highest BCUT2D eigenvalue weighted by molar-refractivity contribution is 5.97. The van der Waals surface area contributed by atoms with E-state index >= 15 is 0 Å². The molecule has 1 saturated heterocycles. The molecule has 1 atom stereocenters. The molecule has 1 aliphatic heterocycles. The van der Waals surface area contributed by atoms with Crippen LogP contribution in [0.2, 0.25) is 0 Å². The fourth-order valence-corrected chi connectivity index (χ4v) is 3.50. The van der Waals surface area contributed by atoms with E-state index in [9.17, 15) is 9.18 Å². The van der Waals surface area contributed by atoms with E-state index in [1.165, 1.54) is 25.3 Å². The van der Waals surface area contributed by atoms with Gasteiger partial charge in [-0.1, -0.05) is 0 Å². The van der Waals surface area contributed by atoms with Gasteiger partial charge < -0.3 is 9.64 Å².